The average Bonchev–Trinajstić information content (AvgIpc) is 3.11. The van der Waals surface area contributed by atoms with E-state index in [0.717, 1.165) is 19.5 Å². The fraction of sp³-hybridized carbons (Fsp3) is 0.381. The van der Waals surface area contributed by atoms with E-state index in [1.165, 1.54) is 50.4 Å². The summed E-state index contributed by atoms with van der Waals surface area (Å²) < 4.78 is 1.35. The number of thiazole rings is 1. The first-order valence-corrected chi connectivity index (χ1v) is 10.2. The molecule has 0 saturated carbocycles. The molecule has 26 heavy (non-hydrogen) atoms. The lowest BCUT2D eigenvalue weighted by Gasteiger charge is -2.40. The maximum Gasteiger partial charge on any atom is 0.0886 e. The number of anilines is 3. The highest BCUT2D eigenvalue weighted by Gasteiger charge is 2.36. The van der Waals surface area contributed by atoms with E-state index in [1.807, 2.05) is 5.51 Å². The SMILES string of the molecule is CN(C)CCc1c2c3c(c4scnc14)N(C)CCC3c1ccccc1N2. The Hall–Kier alpha value is -2.11. The smallest absolute Gasteiger partial charge is 0.0886 e. The number of benzene rings is 2. The summed E-state index contributed by atoms with van der Waals surface area (Å²) in [5, 5.41) is 3.79. The largest absolute Gasteiger partial charge is 0.373 e. The molecule has 0 amide bonds. The highest BCUT2D eigenvalue weighted by molar-refractivity contribution is 7.17. The lowest BCUT2D eigenvalue weighted by atomic mass is 9.78. The van der Waals surface area contributed by atoms with Crippen LogP contribution in [0.15, 0.2) is 29.8 Å². The van der Waals surface area contributed by atoms with Gasteiger partial charge in [-0.25, -0.2) is 4.98 Å². The summed E-state index contributed by atoms with van der Waals surface area (Å²) >= 11 is 1.79. The average molecular weight is 365 g/mol. The van der Waals surface area contributed by atoms with Crippen LogP contribution in [0.25, 0.3) is 10.2 Å². The summed E-state index contributed by atoms with van der Waals surface area (Å²) in [6.07, 6.45) is 2.19. The van der Waals surface area contributed by atoms with Gasteiger partial charge in [0.2, 0.25) is 0 Å². The third kappa shape index (κ3) is 2.27. The molecule has 5 rings (SSSR count). The number of nitrogens with one attached hydrogen (secondary N) is 1. The summed E-state index contributed by atoms with van der Waals surface area (Å²) in [5.41, 5.74) is 11.5. The zero-order valence-electron chi connectivity index (χ0n) is 15.5. The van der Waals surface area contributed by atoms with Gasteiger partial charge in [0, 0.05) is 48.6 Å². The molecule has 3 heterocycles. The van der Waals surface area contributed by atoms with Crippen molar-refractivity contribution < 1.29 is 0 Å². The molecule has 1 N–H and O–H groups in total. The van der Waals surface area contributed by atoms with Gasteiger partial charge in [-0.1, -0.05) is 18.2 Å². The Labute approximate surface area is 158 Å². The molecular weight excluding hydrogens is 340 g/mol. The van der Waals surface area contributed by atoms with Crippen LogP contribution >= 0.6 is 11.3 Å². The van der Waals surface area contributed by atoms with E-state index in [1.54, 1.807) is 11.3 Å². The van der Waals surface area contributed by atoms with Gasteiger partial charge in [0.05, 0.1) is 21.4 Å². The summed E-state index contributed by atoms with van der Waals surface area (Å²) in [7, 11) is 6.51. The number of hydrogen-bond acceptors (Lipinski definition) is 5. The fourth-order valence-corrected chi connectivity index (χ4v) is 5.46. The molecule has 2 aromatic carbocycles. The van der Waals surface area contributed by atoms with Gasteiger partial charge in [-0.15, -0.1) is 11.3 Å². The second-order valence-electron chi connectivity index (χ2n) is 7.67. The second-order valence-corrected chi connectivity index (χ2v) is 8.53. The Kier molecular flexibility index (Phi) is 3.69. The molecular formula is C21H24N4S. The predicted molar refractivity (Wildman–Crippen MR) is 111 cm³/mol. The normalized spacial score (nSPS) is 18.0. The first-order valence-electron chi connectivity index (χ1n) is 9.29. The fourth-order valence-electron chi connectivity index (χ4n) is 4.53. The van der Waals surface area contributed by atoms with E-state index in [9.17, 15) is 0 Å². The molecule has 2 aliphatic heterocycles. The second kappa shape index (κ2) is 5.96. The molecule has 3 aromatic rings. The van der Waals surface area contributed by atoms with Crippen LogP contribution in [0.1, 0.15) is 29.0 Å². The van der Waals surface area contributed by atoms with Crippen molar-refractivity contribution in [2.24, 2.45) is 0 Å². The maximum atomic E-state index is 4.79. The molecule has 0 radical (unpaired) electrons. The van der Waals surface area contributed by atoms with Crippen LogP contribution in [-0.2, 0) is 6.42 Å². The summed E-state index contributed by atoms with van der Waals surface area (Å²) in [4.78, 5) is 9.47. The van der Waals surface area contributed by atoms with Crippen molar-refractivity contribution in [3.63, 3.8) is 0 Å². The van der Waals surface area contributed by atoms with Crippen molar-refractivity contribution >= 4 is 38.6 Å². The van der Waals surface area contributed by atoms with Crippen molar-refractivity contribution in [1.29, 1.82) is 0 Å². The monoisotopic (exact) mass is 364 g/mol. The Balaban J connectivity index is 1.80. The minimum atomic E-state index is 0.484. The molecule has 0 bridgehead atoms. The summed E-state index contributed by atoms with van der Waals surface area (Å²) in [5.74, 6) is 0.484. The number of para-hydroxylation sites is 1. The Bertz CT molecular complexity index is 991. The molecule has 134 valence electrons. The minimum Gasteiger partial charge on any atom is -0.373 e. The molecule has 1 atom stereocenters. The predicted octanol–water partition coefficient (Wildman–Crippen LogP) is 4.43. The number of aromatic nitrogens is 1. The molecule has 0 spiro atoms. The molecule has 4 nitrogen and oxygen atoms in total. The topological polar surface area (TPSA) is 31.4 Å². The van der Waals surface area contributed by atoms with Crippen LogP contribution in [0, 0.1) is 0 Å². The zero-order valence-corrected chi connectivity index (χ0v) is 16.4. The van der Waals surface area contributed by atoms with Crippen LogP contribution in [0.2, 0.25) is 0 Å². The number of nitrogens with zero attached hydrogens (tertiary/aromatic N) is 3. The lowest BCUT2D eigenvalue weighted by Crippen LogP contribution is -2.31. The van der Waals surface area contributed by atoms with Crippen LogP contribution in [-0.4, -0.2) is 44.1 Å². The Morgan fingerprint density at radius 3 is 3.00 bits per heavy atom. The lowest BCUT2D eigenvalue weighted by molar-refractivity contribution is 0.414. The third-order valence-electron chi connectivity index (χ3n) is 5.78. The van der Waals surface area contributed by atoms with E-state index in [0.29, 0.717) is 5.92 Å². The van der Waals surface area contributed by atoms with E-state index in [4.69, 9.17) is 4.98 Å². The van der Waals surface area contributed by atoms with Gasteiger partial charge < -0.3 is 15.1 Å². The number of fused-ring (bicyclic) bond motifs is 4. The summed E-state index contributed by atoms with van der Waals surface area (Å²) in [6, 6.07) is 8.81. The minimum absolute atomic E-state index is 0.484. The molecule has 2 aliphatic rings. The van der Waals surface area contributed by atoms with Gasteiger partial charge in [-0.05, 0) is 38.6 Å². The van der Waals surface area contributed by atoms with Gasteiger partial charge in [-0.3, -0.25) is 0 Å². The van der Waals surface area contributed by atoms with Gasteiger partial charge in [0.1, 0.15) is 0 Å². The highest BCUT2D eigenvalue weighted by atomic mass is 32.1. The third-order valence-corrected chi connectivity index (χ3v) is 6.62. The van der Waals surface area contributed by atoms with Gasteiger partial charge >= 0.3 is 0 Å². The maximum absolute atomic E-state index is 4.79. The molecule has 0 saturated heterocycles. The molecule has 1 unspecified atom stereocenters. The first kappa shape index (κ1) is 16.1. The first-order chi connectivity index (χ1) is 12.6. The van der Waals surface area contributed by atoms with Crippen LogP contribution in [0.4, 0.5) is 17.1 Å². The highest BCUT2D eigenvalue weighted by Crippen LogP contribution is 2.54. The van der Waals surface area contributed by atoms with Crippen molar-refractivity contribution in [3.8, 4) is 0 Å². The van der Waals surface area contributed by atoms with Crippen molar-refractivity contribution in [2.45, 2.75) is 18.8 Å². The molecule has 0 aliphatic carbocycles. The van der Waals surface area contributed by atoms with E-state index < -0.39 is 0 Å². The van der Waals surface area contributed by atoms with Gasteiger partial charge in [0.25, 0.3) is 0 Å². The summed E-state index contributed by atoms with van der Waals surface area (Å²) in [6.45, 7) is 2.12. The molecule has 5 heteroatoms. The van der Waals surface area contributed by atoms with Crippen LogP contribution in [0.3, 0.4) is 0 Å². The van der Waals surface area contributed by atoms with Crippen molar-refractivity contribution in [2.75, 3.05) is 44.4 Å². The number of hydrogen-bond donors (Lipinski definition) is 1. The van der Waals surface area contributed by atoms with Crippen molar-refractivity contribution in [3.05, 3.63) is 46.5 Å². The van der Waals surface area contributed by atoms with Gasteiger partial charge in [-0.2, -0.15) is 0 Å². The number of likely N-dealkylation sites (N-methyl/N-ethyl adjacent to an activating group) is 1. The molecule has 1 aromatic heterocycles. The molecule has 0 fully saturated rings. The van der Waals surface area contributed by atoms with E-state index >= 15 is 0 Å². The van der Waals surface area contributed by atoms with Crippen LogP contribution < -0.4 is 10.2 Å². The Morgan fingerprint density at radius 2 is 2.15 bits per heavy atom. The van der Waals surface area contributed by atoms with E-state index in [2.05, 4.69) is 60.5 Å². The van der Waals surface area contributed by atoms with Crippen molar-refractivity contribution in [1.82, 2.24) is 9.88 Å². The number of rotatable bonds is 3. The zero-order chi connectivity index (χ0) is 17.8. The quantitative estimate of drug-likeness (QED) is 0.745. The van der Waals surface area contributed by atoms with E-state index in [-0.39, 0.29) is 0 Å². The van der Waals surface area contributed by atoms with Crippen LogP contribution in [0.5, 0.6) is 0 Å². The van der Waals surface area contributed by atoms with Gasteiger partial charge in [0.15, 0.2) is 0 Å². The Morgan fingerprint density at radius 1 is 1.31 bits per heavy atom. The standard InChI is InChI=1S/C21H24N4S/c1-24(2)10-8-15-18-17-14(13-6-4-5-7-16(13)23-18)9-11-25(3)20(17)21-19(15)22-12-26-21/h4-7,12,14,23H,8-11H2,1-3H3.